The minimum absolute atomic E-state index is 0.141. The topological polar surface area (TPSA) is 75.3 Å². The van der Waals surface area contributed by atoms with Gasteiger partial charge in [0.15, 0.2) is 23.0 Å². The highest BCUT2D eigenvalue weighted by Crippen LogP contribution is 2.35. The van der Waals surface area contributed by atoms with Crippen molar-refractivity contribution < 1.29 is 28.5 Å². The van der Waals surface area contributed by atoms with Crippen molar-refractivity contribution in [2.45, 2.75) is 19.4 Å². The molecule has 3 aromatic carbocycles. The van der Waals surface area contributed by atoms with Crippen LogP contribution in [0.5, 0.6) is 28.7 Å². The molecule has 186 valence electrons. The van der Waals surface area contributed by atoms with Crippen LogP contribution in [-0.4, -0.2) is 41.0 Å². The first kappa shape index (κ1) is 26.2. The number of ether oxygens (including phenoxy) is 5. The second kappa shape index (κ2) is 12.4. The van der Waals surface area contributed by atoms with Crippen LogP contribution in [0, 0.1) is 0 Å². The molecule has 7 nitrogen and oxygen atoms in total. The minimum Gasteiger partial charge on any atom is -0.494 e. The van der Waals surface area contributed by atoms with Gasteiger partial charge in [0, 0.05) is 4.47 Å². The molecule has 8 heteroatoms. The predicted octanol–water partition coefficient (Wildman–Crippen LogP) is 5.33. The van der Waals surface area contributed by atoms with Crippen LogP contribution in [0.25, 0.3) is 0 Å². The summed E-state index contributed by atoms with van der Waals surface area (Å²) in [5, 5.41) is 3.16. The van der Waals surface area contributed by atoms with Crippen molar-refractivity contribution in [1.29, 1.82) is 0 Å². The SMILES string of the molecule is CCOc1ccc([C@@H](NC(=O)Cc2cc(OC)c(OC)cc2Br)c2ccc(OC)c(OC)c2)cc1. The number of hydrogen-bond acceptors (Lipinski definition) is 6. The van der Waals surface area contributed by atoms with Crippen molar-refractivity contribution in [2.75, 3.05) is 35.0 Å². The Morgan fingerprint density at radius 3 is 1.97 bits per heavy atom. The maximum absolute atomic E-state index is 13.2. The van der Waals surface area contributed by atoms with E-state index in [1.807, 2.05) is 49.4 Å². The zero-order valence-corrected chi connectivity index (χ0v) is 22.1. The summed E-state index contributed by atoms with van der Waals surface area (Å²) in [4.78, 5) is 13.2. The fourth-order valence-corrected chi connectivity index (χ4v) is 4.19. The van der Waals surface area contributed by atoms with E-state index in [4.69, 9.17) is 23.7 Å². The van der Waals surface area contributed by atoms with Crippen LogP contribution in [0.3, 0.4) is 0 Å². The molecule has 35 heavy (non-hydrogen) atoms. The summed E-state index contributed by atoms with van der Waals surface area (Å²) >= 11 is 3.53. The number of hydrogen-bond donors (Lipinski definition) is 1. The Kier molecular flexibility index (Phi) is 9.25. The highest BCUT2D eigenvalue weighted by Gasteiger charge is 2.21. The quantitative estimate of drug-likeness (QED) is 0.352. The van der Waals surface area contributed by atoms with Crippen molar-refractivity contribution >= 4 is 21.8 Å². The number of rotatable bonds is 11. The second-order valence-corrected chi connectivity index (χ2v) is 8.45. The number of carbonyl (C=O) groups excluding carboxylic acids is 1. The Hall–Kier alpha value is -3.39. The van der Waals surface area contributed by atoms with Crippen molar-refractivity contribution in [3.63, 3.8) is 0 Å². The molecule has 0 saturated carbocycles. The van der Waals surface area contributed by atoms with Crippen molar-refractivity contribution in [3.05, 3.63) is 75.8 Å². The number of carbonyl (C=O) groups is 1. The van der Waals surface area contributed by atoms with E-state index in [0.29, 0.717) is 29.6 Å². The summed E-state index contributed by atoms with van der Waals surface area (Å²) < 4.78 is 27.9. The average molecular weight is 544 g/mol. The third-order valence-corrected chi connectivity index (χ3v) is 6.21. The van der Waals surface area contributed by atoms with E-state index in [0.717, 1.165) is 26.9 Å². The van der Waals surface area contributed by atoms with Crippen LogP contribution >= 0.6 is 15.9 Å². The largest absolute Gasteiger partial charge is 0.494 e. The molecule has 3 aromatic rings. The highest BCUT2D eigenvalue weighted by molar-refractivity contribution is 9.10. The molecule has 1 N–H and O–H groups in total. The van der Waals surface area contributed by atoms with E-state index in [2.05, 4.69) is 21.2 Å². The van der Waals surface area contributed by atoms with Gasteiger partial charge < -0.3 is 29.0 Å². The Balaban J connectivity index is 1.93. The van der Waals surface area contributed by atoms with Gasteiger partial charge in [0.25, 0.3) is 0 Å². The summed E-state index contributed by atoms with van der Waals surface area (Å²) in [6.45, 7) is 2.52. The van der Waals surface area contributed by atoms with Gasteiger partial charge in [0.1, 0.15) is 5.75 Å². The van der Waals surface area contributed by atoms with Gasteiger partial charge in [-0.2, -0.15) is 0 Å². The zero-order valence-electron chi connectivity index (χ0n) is 20.5. The first-order chi connectivity index (χ1) is 16.9. The summed E-state index contributed by atoms with van der Waals surface area (Å²) in [5.41, 5.74) is 2.53. The van der Waals surface area contributed by atoms with Gasteiger partial charge in [-0.15, -0.1) is 0 Å². The van der Waals surface area contributed by atoms with E-state index in [1.54, 1.807) is 40.6 Å². The number of methoxy groups -OCH3 is 4. The number of halogens is 1. The standard InChI is InChI=1S/C27H30BrNO6/c1-6-35-20-10-7-17(8-11-20)27(18-9-12-22(31-2)23(13-18)32-3)29-26(30)15-19-14-24(33-4)25(34-5)16-21(19)28/h7-14,16,27H,6,15H2,1-5H3,(H,29,30)/t27-/m1/s1. The zero-order chi connectivity index (χ0) is 25.4. The van der Waals surface area contributed by atoms with E-state index < -0.39 is 6.04 Å². The smallest absolute Gasteiger partial charge is 0.225 e. The minimum atomic E-state index is -0.420. The Labute approximate surface area is 214 Å². The van der Waals surface area contributed by atoms with E-state index in [1.165, 1.54) is 0 Å². The first-order valence-corrected chi connectivity index (χ1v) is 11.9. The second-order valence-electron chi connectivity index (χ2n) is 7.59. The molecule has 0 heterocycles. The summed E-state index contributed by atoms with van der Waals surface area (Å²) in [6, 6.07) is 16.4. The molecule has 0 aliphatic rings. The lowest BCUT2D eigenvalue weighted by molar-refractivity contribution is -0.120. The number of nitrogens with one attached hydrogen (secondary N) is 1. The molecule has 3 rings (SSSR count). The third-order valence-electron chi connectivity index (χ3n) is 5.47. The lowest BCUT2D eigenvalue weighted by Gasteiger charge is -2.22. The summed E-state index contributed by atoms with van der Waals surface area (Å²) in [5.74, 6) is 2.94. The lowest BCUT2D eigenvalue weighted by atomic mass is 9.97. The molecule has 0 spiro atoms. The van der Waals surface area contributed by atoms with Gasteiger partial charge in [0.2, 0.25) is 5.91 Å². The summed E-state index contributed by atoms with van der Waals surface area (Å²) in [7, 11) is 6.31. The first-order valence-electron chi connectivity index (χ1n) is 11.1. The Morgan fingerprint density at radius 2 is 1.37 bits per heavy atom. The Bertz CT molecular complexity index is 1150. The normalized spacial score (nSPS) is 11.4. The van der Waals surface area contributed by atoms with Crippen LogP contribution in [0.1, 0.15) is 29.7 Å². The van der Waals surface area contributed by atoms with Crippen LogP contribution in [-0.2, 0) is 11.2 Å². The molecule has 0 bridgehead atoms. The van der Waals surface area contributed by atoms with E-state index in [-0.39, 0.29) is 12.3 Å². The molecule has 0 unspecified atom stereocenters. The molecule has 0 aromatic heterocycles. The molecule has 0 aliphatic carbocycles. The molecule has 1 atom stereocenters. The monoisotopic (exact) mass is 543 g/mol. The van der Waals surface area contributed by atoms with Crippen LogP contribution in [0.15, 0.2) is 59.1 Å². The van der Waals surface area contributed by atoms with Crippen molar-refractivity contribution in [1.82, 2.24) is 5.32 Å². The van der Waals surface area contributed by atoms with Crippen LogP contribution in [0.2, 0.25) is 0 Å². The van der Waals surface area contributed by atoms with Gasteiger partial charge in [-0.05, 0) is 60.0 Å². The van der Waals surface area contributed by atoms with Gasteiger partial charge in [-0.25, -0.2) is 0 Å². The molecular formula is C27H30BrNO6. The maximum Gasteiger partial charge on any atom is 0.225 e. The van der Waals surface area contributed by atoms with Gasteiger partial charge in [-0.3, -0.25) is 4.79 Å². The number of benzene rings is 3. The fourth-order valence-electron chi connectivity index (χ4n) is 3.73. The van der Waals surface area contributed by atoms with Gasteiger partial charge in [-0.1, -0.05) is 34.1 Å². The average Bonchev–Trinajstić information content (AvgIpc) is 2.88. The summed E-state index contributed by atoms with van der Waals surface area (Å²) in [6.07, 6.45) is 0.141. The fraction of sp³-hybridized carbons (Fsp3) is 0.296. The van der Waals surface area contributed by atoms with Crippen LogP contribution in [0.4, 0.5) is 0 Å². The highest BCUT2D eigenvalue weighted by atomic mass is 79.9. The molecule has 0 radical (unpaired) electrons. The van der Waals surface area contributed by atoms with Crippen LogP contribution < -0.4 is 29.0 Å². The van der Waals surface area contributed by atoms with Gasteiger partial charge in [0.05, 0.1) is 47.5 Å². The van der Waals surface area contributed by atoms with E-state index >= 15 is 0 Å². The van der Waals surface area contributed by atoms with Gasteiger partial charge >= 0.3 is 0 Å². The molecule has 1 amide bonds. The molecule has 0 aliphatic heterocycles. The van der Waals surface area contributed by atoms with Crippen molar-refractivity contribution in [2.24, 2.45) is 0 Å². The third kappa shape index (κ3) is 6.39. The van der Waals surface area contributed by atoms with E-state index in [9.17, 15) is 4.79 Å². The molecule has 0 fully saturated rings. The van der Waals surface area contributed by atoms with Crippen molar-refractivity contribution in [3.8, 4) is 28.7 Å². The Morgan fingerprint density at radius 1 is 0.800 bits per heavy atom. The lowest BCUT2D eigenvalue weighted by Crippen LogP contribution is -2.30. The molecular weight excluding hydrogens is 514 g/mol. The maximum atomic E-state index is 13.2. The molecule has 0 saturated heterocycles. The number of amides is 1. The predicted molar refractivity (Wildman–Crippen MR) is 138 cm³/mol.